The number of aryl methyl sites for hydroxylation is 1. The number of nitrogens with one attached hydrogen (secondary N) is 1. The van der Waals surface area contributed by atoms with E-state index in [0.717, 1.165) is 30.0 Å². The lowest BCUT2D eigenvalue weighted by Gasteiger charge is -2.17. The van der Waals surface area contributed by atoms with E-state index in [0.29, 0.717) is 4.60 Å². The molecular formula is C12H14BrN5O. The highest BCUT2D eigenvalue weighted by atomic mass is 79.9. The van der Waals surface area contributed by atoms with Gasteiger partial charge in [-0.05, 0) is 39.2 Å². The molecule has 0 amide bonds. The Kier molecular flexibility index (Phi) is 3.26. The van der Waals surface area contributed by atoms with Crippen molar-refractivity contribution in [1.29, 1.82) is 0 Å². The number of aromatic nitrogens is 3. The van der Waals surface area contributed by atoms with Crippen molar-refractivity contribution in [3.8, 4) is 5.75 Å². The van der Waals surface area contributed by atoms with E-state index in [4.69, 9.17) is 10.6 Å². The Morgan fingerprint density at radius 2 is 2.37 bits per heavy atom. The molecule has 0 fully saturated rings. The fourth-order valence-electron chi connectivity index (χ4n) is 2.36. The monoisotopic (exact) mass is 323 g/mol. The summed E-state index contributed by atoms with van der Waals surface area (Å²) >= 11 is 3.40. The van der Waals surface area contributed by atoms with Crippen LogP contribution < -0.4 is 16.0 Å². The molecule has 6 nitrogen and oxygen atoms in total. The lowest BCUT2D eigenvalue weighted by atomic mass is 10.0. The Morgan fingerprint density at radius 3 is 3.05 bits per heavy atom. The number of halogens is 1. The standard InChI is InChI=1S/C12H14BrN5O/c1-18-11(12(13)16-17-18)10(15-14)8-2-3-9-7(6-8)4-5-19-9/h2-3,6,10,15H,4-5,14H2,1H3. The van der Waals surface area contributed by atoms with Gasteiger partial charge in [-0.1, -0.05) is 11.3 Å². The predicted molar refractivity (Wildman–Crippen MR) is 73.5 cm³/mol. The van der Waals surface area contributed by atoms with Gasteiger partial charge >= 0.3 is 0 Å². The number of fused-ring (bicyclic) bond motifs is 1. The van der Waals surface area contributed by atoms with Gasteiger partial charge in [-0.15, -0.1) is 5.10 Å². The molecule has 100 valence electrons. The minimum atomic E-state index is -0.166. The molecule has 3 N–H and O–H groups in total. The number of ether oxygens (including phenoxy) is 1. The smallest absolute Gasteiger partial charge is 0.153 e. The van der Waals surface area contributed by atoms with Crippen LogP contribution in [0.5, 0.6) is 5.75 Å². The molecule has 1 aromatic heterocycles. The molecule has 0 aliphatic carbocycles. The normalized spacial score (nSPS) is 15.1. The lowest BCUT2D eigenvalue weighted by Crippen LogP contribution is -2.30. The first-order valence-corrected chi connectivity index (χ1v) is 6.77. The van der Waals surface area contributed by atoms with Crippen LogP contribution in [0.4, 0.5) is 0 Å². The molecule has 2 heterocycles. The number of benzene rings is 1. The molecule has 7 heteroatoms. The minimum absolute atomic E-state index is 0.166. The van der Waals surface area contributed by atoms with Crippen molar-refractivity contribution in [3.05, 3.63) is 39.6 Å². The molecule has 0 spiro atoms. The second kappa shape index (κ2) is 4.92. The third-order valence-corrected chi connectivity index (χ3v) is 3.88. The summed E-state index contributed by atoms with van der Waals surface area (Å²) in [6.07, 6.45) is 0.936. The average Bonchev–Trinajstić information content (AvgIpc) is 3.00. The number of hydrogen-bond donors (Lipinski definition) is 2. The summed E-state index contributed by atoms with van der Waals surface area (Å²) in [5, 5.41) is 7.97. The maximum Gasteiger partial charge on any atom is 0.153 e. The molecule has 0 radical (unpaired) electrons. The van der Waals surface area contributed by atoms with E-state index in [1.54, 1.807) is 4.68 Å². The molecule has 1 aromatic carbocycles. The van der Waals surface area contributed by atoms with E-state index >= 15 is 0 Å². The van der Waals surface area contributed by atoms with E-state index in [-0.39, 0.29) is 6.04 Å². The molecule has 0 bridgehead atoms. The number of hydrogen-bond acceptors (Lipinski definition) is 5. The molecule has 19 heavy (non-hydrogen) atoms. The second-order valence-electron chi connectivity index (χ2n) is 4.45. The van der Waals surface area contributed by atoms with E-state index < -0.39 is 0 Å². The molecule has 1 aliphatic heterocycles. The molecule has 1 unspecified atom stereocenters. The van der Waals surface area contributed by atoms with Gasteiger partial charge in [0.25, 0.3) is 0 Å². The Morgan fingerprint density at radius 1 is 1.53 bits per heavy atom. The summed E-state index contributed by atoms with van der Waals surface area (Å²) in [6.45, 7) is 0.746. The van der Waals surface area contributed by atoms with Gasteiger partial charge in [0, 0.05) is 13.5 Å². The van der Waals surface area contributed by atoms with Crippen molar-refractivity contribution in [2.75, 3.05) is 6.61 Å². The third-order valence-electron chi connectivity index (χ3n) is 3.31. The van der Waals surface area contributed by atoms with Gasteiger partial charge in [0.2, 0.25) is 0 Å². The van der Waals surface area contributed by atoms with Crippen LogP contribution in [0.1, 0.15) is 22.9 Å². The predicted octanol–water partition coefficient (Wildman–Crippen LogP) is 1.07. The van der Waals surface area contributed by atoms with Crippen molar-refractivity contribution in [2.24, 2.45) is 12.9 Å². The van der Waals surface area contributed by atoms with Crippen molar-refractivity contribution in [3.63, 3.8) is 0 Å². The molecule has 1 aliphatic rings. The summed E-state index contributed by atoms with van der Waals surface area (Å²) in [4.78, 5) is 0. The number of rotatable bonds is 3. The highest BCUT2D eigenvalue weighted by molar-refractivity contribution is 9.10. The number of hydrazine groups is 1. The van der Waals surface area contributed by atoms with Crippen LogP contribution in [0.3, 0.4) is 0 Å². The van der Waals surface area contributed by atoms with Crippen LogP contribution >= 0.6 is 15.9 Å². The van der Waals surface area contributed by atoms with Crippen LogP contribution in [-0.2, 0) is 13.5 Å². The molecular weight excluding hydrogens is 310 g/mol. The molecule has 0 saturated carbocycles. The van der Waals surface area contributed by atoms with E-state index in [1.165, 1.54) is 5.56 Å². The van der Waals surface area contributed by atoms with Gasteiger partial charge in [-0.2, -0.15) is 0 Å². The highest BCUT2D eigenvalue weighted by Gasteiger charge is 2.23. The summed E-state index contributed by atoms with van der Waals surface area (Å²) in [6, 6.07) is 5.94. The zero-order valence-corrected chi connectivity index (χ0v) is 12.0. The van der Waals surface area contributed by atoms with Gasteiger partial charge in [-0.25, -0.2) is 10.1 Å². The van der Waals surface area contributed by atoms with Gasteiger partial charge < -0.3 is 4.74 Å². The van der Waals surface area contributed by atoms with Crippen LogP contribution in [0.15, 0.2) is 22.8 Å². The molecule has 0 saturated heterocycles. The van der Waals surface area contributed by atoms with Crippen LogP contribution in [0.25, 0.3) is 0 Å². The summed E-state index contributed by atoms with van der Waals surface area (Å²) in [5.74, 6) is 6.67. The zero-order valence-electron chi connectivity index (χ0n) is 10.4. The summed E-state index contributed by atoms with van der Waals surface area (Å²) in [5.41, 5.74) is 5.99. The highest BCUT2D eigenvalue weighted by Crippen LogP contribution is 2.31. The molecule has 1 atom stereocenters. The van der Waals surface area contributed by atoms with Gasteiger partial charge in [0.1, 0.15) is 5.75 Å². The molecule has 3 rings (SSSR count). The maximum absolute atomic E-state index is 5.71. The van der Waals surface area contributed by atoms with Crippen molar-refractivity contribution >= 4 is 15.9 Å². The Bertz CT molecular complexity index is 593. The first-order valence-electron chi connectivity index (χ1n) is 5.97. The van der Waals surface area contributed by atoms with E-state index in [1.807, 2.05) is 19.2 Å². The largest absolute Gasteiger partial charge is 0.493 e. The topological polar surface area (TPSA) is 78.0 Å². The number of nitrogens with two attached hydrogens (primary N) is 1. The fraction of sp³-hybridized carbons (Fsp3) is 0.333. The minimum Gasteiger partial charge on any atom is -0.493 e. The summed E-state index contributed by atoms with van der Waals surface area (Å²) < 4.78 is 7.91. The third kappa shape index (κ3) is 2.13. The van der Waals surface area contributed by atoms with Crippen molar-refractivity contribution in [2.45, 2.75) is 12.5 Å². The van der Waals surface area contributed by atoms with Gasteiger partial charge in [0.15, 0.2) is 4.60 Å². The van der Waals surface area contributed by atoms with Crippen LogP contribution in [-0.4, -0.2) is 21.6 Å². The average molecular weight is 324 g/mol. The second-order valence-corrected chi connectivity index (χ2v) is 5.21. The van der Waals surface area contributed by atoms with Gasteiger partial charge in [-0.3, -0.25) is 5.84 Å². The zero-order chi connectivity index (χ0) is 13.4. The van der Waals surface area contributed by atoms with Gasteiger partial charge in [0.05, 0.1) is 18.3 Å². The van der Waals surface area contributed by atoms with Crippen molar-refractivity contribution < 1.29 is 4.74 Å². The number of nitrogens with zero attached hydrogens (tertiary/aromatic N) is 3. The fourth-order valence-corrected chi connectivity index (χ4v) is 2.92. The maximum atomic E-state index is 5.71. The van der Waals surface area contributed by atoms with E-state index in [2.05, 4.69) is 37.7 Å². The first kappa shape index (κ1) is 12.6. The lowest BCUT2D eigenvalue weighted by molar-refractivity contribution is 0.356. The SMILES string of the molecule is Cn1nnc(Br)c1C(NN)c1ccc2c(c1)CCO2. The van der Waals surface area contributed by atoms with Crippen molar-refractivity contribution in [1.82, 2.24) is 20.4 Å². The van der Waals surface area contributed by atoms with Crippen LogP contribution in [0.2, 0.25) is 0 Å². The Balaban J connectivity index is 2.03. The quantitative estimate of drug-likeness (QED) is 0.652. The Labute approximate surface area is 119 Å². The Hall–Kier alpha value is -1.44. The van der Waals surface area contributed by atoms with E-state index in [9.17, 15) is 0 Å². The molecule has 2 aromatic rings. The van der Waals surface area contributed by atoms with Crippen LogP contribution in [0, 0.1) is 0 Å². The first-order chi connectivity index (χ1) is 9.20. The summed E-state index contributed by atoms with van der Waals surface area (Å²) in [7, 11) is 1.84.